The highest BCUT2D eigenvalue weighted by Crippen LogP contribution is 2.28. The molecule has 1 aliphatic heterocycles. The number of alkyl halides is 3. The van der Waals surface area contributed by atoms with Crippen LogP contribution in [0.1, 0.15) is 33.6 Å². The highest BCUT2D eigenvalue weighted by molar-refractivity contribution is 7.89. The summed E-state index contributed by atoms with van der Waals surface area (Å²) in [6, 6.07) is 4.53. The van der Waals surface area contributed by atoms with Gasteiger partial charge in [-0.05, 0) is 45.0 Å². The number of sulfonamides is 1. The van der Waals surface area contributed by atoms with Gasteiger partial charge < -0.3 is 10.1 Å². The molecule has 1 amide bonds. The molecule has 176 valence electrons. The van der Waals surface area contributed by atoms with Crippen LogP contribution in [0.4, 0.5) is 13.2 Å². The van der Waals surface area contributed by atoms with E-state index in [2.05, 4.69) is 28.8 Å². The number of amides is 1. The van der Waals surface area contributed by atoms with E-state index >= 15 is 0 Å². The molecule has 11 heteroatoms. The summed E-state index contributed by atoms with van der Waals surface area (Å²) in [7, 11) is -3.99. The topological polar surface area (TPSA) is 79.0 Å². The number of ether oxygens (including phenoxy) is 1. The Hall–Kier alpha value is -1.85. The largest absolute Gasteiger partial charge is 0.573 e. The molecule has 7 nitrogen and oxygen atoms in total. The minimum Gasteiger partial charge on any atom is -0.406 e. The van der Waals surface area contributed by atoms with Crippen molar-refractivity contribution in [3.8, 4) is 5.75 Å². The van der Waals surface area contributed by atoms with Gasteiger partial charge in [0, 0.05) is 37.7 Å². The van der Waals surface area contributed by atoms with Crippen molar-refractivity contribution in [1.82, 2.24) is 14.5 Å². The van der Waals surface area contributed by atoms with Crippen LogP contribution in [0.2, 0.25) is 0 Å². The molecule has 1 fully saturated rings. The standard InChI is InChI=1S/C20H30F3N3O4S/c1-4-25(5-2)15(3)14-24-19(27)16-9-11-26(12-10-16)31(28,29)18-8-6-7-17(13-18)30-20(21,22)23/h6-8,13,15-16H,4-5,9-12,14H2,1-3H3,(H,24,27). The van der Waals surface area contributed by atoms with Gasteiger partial charge in [0.25, 0.3) is 0 Å². The number of halogens is 3. The summed E-state index contributed by atoms with van der Waals surface area (Å²) in [6.45, 7) is 8.70. The number of hydrogen-bond acceptors (Lipinski definition) is 5. The molecule has 1 saturated heterocycles. The normalized spacial score (nSPS) is 17.5. The summed E-state index contributed by atoms with van der Waals surface area (Å²) in [5.74, 6) is -0.989. The number of nitrogens with zero attached hydrogens (tertiary/aromatic N) is 2. The highest BCUT2D eigenvalue weighted by Gasteiger charge is 2.34. The minimum atomic E-state index is -4.91. The summed E-state index contributed by atoms with van der Waals surface area (Å²) < 4.78 is 67.9. The molecule has 1 N–H and O–H groups in total. The second-order valence-corrected chi connectivity index (χ2v) is 9.45. The van der Waals surface area contributed by atoms with Crippen molar-refractivity contribution in [1.29, 1.82) is 0 Å². The van der Waals surface area contributed by atoms with Crippen LogP contribution in [0.15, 0.2) is 29.2 Å². The molecule has 0 bridgehead atoms. The average Bonchev–Trinajstić information content (AvgIpc) is 2.72. The number of benzene rings is 1. The van der Waals surface area contributed by atoms with Crippen LogP contribution in [0.3, 0.4) is 0 Å². The van der Waals surface area contributed by atoms with Gasteiger partial charge in [0.05, 0.1) is 4.90 Å². The maximum Gasteiger partial charge on any atom is 0.573 e. The minimum absolute atomic E-state index is 0.100. The fraction of sp³-hybridized carbons (Fsp3) is 0.650. The van der Waals surface area contributed by atoms with E-state index in [1.807, 2.05) is 6.92 Å². The Morgan fingerprint density at radius 1 is 1.26 bits per heavy atom. The Labute approximate surface area is 181 Å². The van der Waals surface area contributed by atoms with E-state index in [1.165, 1.54) is 16.4 Å². The molecule has 1 aliphatic rings. The Balaban J connectivity index is 1.94. The van der Waals surface area contributed by atoms with Crippen LogP contribution in [-0.2, 0) is 14.8 Å². The average molecular weight is 466 g/mol. The molecular formula is C20H30F3N3O4S. The van der Waals surface area contributed by atoms with Crippen molar-refractivity contribution < 1.29 is 31.1 Å². The zero-order valence-electron chi connectivity index (χ0n) is 18.0. The molecule has 1 aromatic rings. The quantitative estimate of drug-likeness (QED) is 0.607. The summed E-state index contributed by atoms with van der Waals surface area (Å²) in [4.78, 5) is 14.4. The van der Waals surface area contributed by atoms with Crippen molar-refractivity contribution in [2.75, 3.05) is 32.7 Å². The van der Waals surface area contributed by atoms with Gasteiger partial charge in [-0.15, -0.1) is 13.2 Å². The van der Waals surface area contributed by atoms with Gasteiger partial charge in [0.1, 0.15) is 5.75 Å². The Bertz CT molecular complexity index is 836. The summed E-state index contributed by atoms with van der Waals surface area (Å²) in [6.07, 6.45) is -4.20. The lowest BCUT2D eigenvalue weighted by molar-refractivity contribution is -0.274. The first-order chi connectivity index (χ1) is 14.5. The predicted octanol–water partition coefficient (Wildman–Crippen LogP) is 2.83. The van der Waals surface area contributed by atoms with Crippen molar-refractivity contribution in [2.24, 2.45) is 5.92 Å². The number of nitrogens with one attached hydrogen (secondary N) is 1. The molecule has 1 unspecified atom stereocenters. The second-order valence-electron chi connectivity index (χ2n) is 7.52. The first kappa shape index (κ1) is 25.4. The van der Waals surface area contributed by atoms with Gasteiger partial charge in [-0.3, -0.25) is 9.69 Å². The molecular weight excluding hydrogens is 435 g/mol. The smallest absolute Gasteiger partial charge is 0.406 e. The fourth-order valence-electron chi connectivity index (χ4n) is 3.71. The Morgan fingerprint density at radius 2 is 1.87 bits per heavy atom. The molecule has 1 atom stereocenters. The summed E-state index contributed by atoms with van der Waals surface area (Å²) in [5.41, 5.74) is 0. The number of carbonyl (C=O) groups is 1. The van der Waals surface area contributed by atoms with Crippen molar-refractivity contribution >= 4 is 15.9 Å². The zero-order chi connectivity index (χ0) is 23.2. The molecule has 0 radical (unpaired) electrons. The molecule has 2 rings (SSSR count). The Kier molecular flexibility index (Phi) is 8.73. The van der Waals surface area contributed by atoms with Gasteiger partial charge in [-0.1, -0.05) is 19.9 Å². The van der Waals surface area contributed by atoms with E-state index in [9.17, 15) is 26.4 Å². The Morgan fingerprint density at radius 3 is 2.42 bits per heavy atom. The van der Waals surface area contributed by atoms with Crippen LogP contribution in [-0.4, -0.2) is 68.7 Å². The SMILES string of the molecule is CCN(CC)C(C)CNC(=O)C1CCN(S(=O)(=O)c2cccc(OC(F)(F)F)c2)CC1. The third-order valence-electron chi connectivity index (χ3n) is 5.51. The molecule has 0 aromatic heterocycles. The molecule has 31 heavy (non-hydrogen) atoms. The van der Waals surface area contributed by atoms with E-state index < -0.39 is 22.1 Å². The number of likely N-dealkylation sites (N-methyl/N-ethyl adjacent to an activating group) is 1. The highest BCUT2D eigenvalue weighted by atomic mass is 32.2. The van der Waals surface area contributed by atoms with Crippen LogP contribution in [0.5, 0.6) is 5.75 Å². The molecule has 0 spiro atoms. The lowest BCUT2D eigenvalue weighted by atomic mass is 9.97. The zero-order valence-corrected chi connectivity index (χ0v) is 18.8. The predicted molar refractivity (Wildman–Crippen MR) is 110 cm³/mol. The number of carbonyl (C=O) groups excluding carboxylic acids is 1. The second kappa shape index (κ2) is 10.6. The third-order valence-corrected chi connectivity index (χ3v) is 7.40. The molecule has 1 aromatic carbocycles. The van der Waals surface area contributed by atoms with E-state index in [4.69, 9.17) is 0 Å². The molecule has 1 heterocycles. The lowest BCUT2D eigenvalue weighted by Crippen LogP contribution is -2.46. The van der Waals surface area contributed by atoms with E-state index in [1.54, 1.807) is 0 Å². The van der Waals surface area contributed by atoms with E-state index in [-0.39, 0.29) is 35.9 Å². The van der Waals surface area contributed by atoms with Gasteiger partial charge in [-0.25, -0.2) is 8.42 Å². The monoisotopic (exact) mass is 465 g/mol. The lowest BCUT2D eigenvalue weighted by Gasteiger charge is -2.31. The van der Waals surface area contributed by atoms with Crippen LogP contribution in [0, 0.1) is 5.92 Å². The summed E-state index contributed by atoms with van der Waals surface area (Å²) >= 11 is 0. The fourth-order valence-corrected chi connectivity index (χ4v) is 5.21. The number of piperidine rings is 1. The first-order valence-corrected chi connectivity index (χ1v) is 11.8. The van der Waals surface area contributed by atoms with E-state index in [0.29, 0.717) is 19.4 Å². The van der Waals surface area contributed by atoms with Crippen LogP contribution < -0.4 is 10.1 Å². The van der Waals surface area contributed by atoms with Crippen LogP contribution in [0.25, 0.3) is 0 Å². The van der Waals surface area contributed by atoms with Crippen molar-refractivity contribution in [2.45, 2.75) is 50.9 Å². The van der Waals surface area contributed by atoms with Gasteiger partial charge in [0.2, 0.25) is 15.9 Å². The van der Waals surface area contributed by atoms with Crippen LogP contribution >= 0.6 is 0 Å². The maximum absolute atomic E-state index is 12.8. The van der Waals surface area contributed by atoms with Gasteiger partial charge in [-0.2, -0.15) is 4.31 Å². The molecule has 0 aliphatic carbocycles. The molecule has 0 saturated carbocycles. The van der Waals surface area contributed by atoms with Crippen molar-refractivity contribution in [3.05, 3.63) is 24.3 Å². The van der Waals surface area contributed by atoms with Crippen molar-refractivity contribution in [3.63, 3.8) is 0 Å². The number of rotatable bonds is 9. The first-order valence-electron chi connectivity index (χ1n) is 10.4. The van der Waals surface area contributed by atoms with Gasteiger partial charge in [0.15, 0.2) is 0 Å². The summed E-state index contributed by atoms with van der Waals surface area (Å²) in [5, 5.41) is 2.94. The maximum atomic E-state index is 12.8. The third kappa shape index (κ3) is 7.08. The van der Waals surface area contributed by atoms with Gasteiger partial charge >= 0.3 is 6.36 Å². The number of hydrogen-bond donors (Lipinski definition) is 1. The van der Waals surface area contributed by atoms with E-state index in [0.717, 1.165) is 25.2 Å².